The Balaban J connectivity index is 1.67. The van der Waals surface area contributed by atoms with Crippen LogP contribution in [0.15, 0.2) is 83.6 Å². The van der Waals surface area contributed by atoms with E-state index in [2.05, 4.69) is 26.3 Å². The summed E-state index contributed by atoms with van der Waals surface area (Å²) in [5.74, 6) is -0.581. The lowest BCUT2D eigenvalue weighted by molar-refractivity contribution is 0.0987. The van der Waals surface area contributed by atoms with Crippen LogP contribution in [0.4, 0.5) is 0 Å². The summed E-state index contributed by atoms with van der Waals surface area (Å²) >= 11 is 3.36. The maximum atomic E-state index is 12.9. The quantitative estimate of drug-likeness (QED) is 0.498. The number of carbonyl (C=O) groups excluding carboxylic acids is 2. The van der Waals surface area contributed by atoms with Crippen LogP contribution < -0.4 is 5.43 Å². The standard InChI is InChI=1S/C21H14BrN3O2/c22-15-11-9-14(10-12-15)20(26)16-5-1-2-6-17(16)21(27)24-25-13-23-18-7-3-4-8-19(18)25/h1-13H,(H,24,27). The molecule has 5 nitrogen and oxygen atoms in total. The minimum Gasteiger partial charge on any atom is -0.289 e. The average molecular weight is 420 g/mol. The molecule has 0 atom stereocenters. The Kier molecular flexibility index (Phi) is 4.56. The summed E-state index contributed by atoms with van der Waals surface area (Å²) in [6.45, 7) is 0. The van der Waals surface area contributed by atoms with Crippen molar-refractivity contribution in [2.24, 2.45) is 0 Å². The van der Waals surface area contributed by atoms with Gasteiger partial charge in [-0.2, -0.15) is 0 Å². The van der Waals surface area contributed by atoms with Gasteiger partial charge in [-0.05, 0) is 42.5 Å². The first-order chi connectivity index (χ1) is 13.1. The number of rotatable bonds is 4. The SMILES string of the molecule is O=C(Nn1cnc2ccccc21)c1ccccc1C(=O)c1ccc(Br)cc1. The summed E-state index contributed by atoms with van der Waals surface area (Å²) in [7, 11) is 0. The molecular weight excluding hydrogens is 406 g/mol. The van der Waals surface area contributed by atoms with Gasteiger partial charge in [-0.1, -0.05) is 46.3 Å². The highest BCUT2D eigenvalue weighted by Gasteiger charge is 2.18. The number of nitrogens with zero attached hydrogens (tertiary/aromatic N) is 2. The number of carbonyl (C=O) groups is 2. The maximum Gasteiger partial charge on any atom is 0.270 e. The molecule has 4 rings (SSSR count). The number of fused-ring (bicyclic) bond motifs is 1. The van der Waals surface area contributed by atoms with Crippen LogP contribution in [0.2, 0.25) is 0 Å². The molecule has 3 aromatic carbocycles. The van der Waals surface area contributed by atoms with Crippen molar-refractivity contribution in [3.63, 3.8) is 0 Å². The van der Waals surface area contributed by atoms with Crippen molar-refractivity contribution in [2.75, 3.05) is 5.43 Å². The summed E-state index contributed by atoms with van der Waals surface area (Å²) in [4.78, 5) is 30.0. The molecule has 27 heavy (non-hydrogen) atoms. The van der Waals surface area contributed by atoms with Crippen molar-refractivity contribution >= 4 is 38.7 Å². The molecule has 0 radical (unpaired) electrons. The molecule has 132 valence electrons. The number of para-hydroxylation sites is 2. The number of halogens is 1. The lowest BCUT2D eigenvalue weighted by Gasteiger charge is -2.11. The molecule has 0 bridgehead atoms. The average Bonchev–Trinajstić information content (AvgIpc) is 3.11. The van der Waals surface area contributed by atoms with Gasteiger partial charge in [0.25, 0.3) is 5.91 Å². The van der Waals surface area contributed by atoms with Gasteiger partial charge < -0.3 is 0 Å². The van der Waals surface area contributed by atoms with E-state index in [9.17, 15) is 9.59 Å². The van der Waals surface area contributed by atoms with Crippen LogP contribution in [0.25, 0.3) is 11.0 Å². The zero-order valence-corrected chi connectivity index (χ0v) is 15.7. The number of imidazole rings is 1. The second-order valence-electron chi connectivity index (χ2n) is 5.93. The number of nitrogens with one attached hydrogen (secondary N) is 1. The third-order valence-electron chi connectivity index (χ3n) is 4.20. The van der Waals surface area contributed by atoms with Crippen LogP contribution >= 0.6 is 15.9 Å². The Bertz CT molecular complexity index is 1150. The molecule has 1 heterocycles. The smallest absolute Gasteiger partial charge is 0.270 e. The molecule has 6 heteroatoms. The molecule has 1 N–H and O–H groups in total. The van der Waals surface area contributed by atoms with Gasteiger partial charge in [0, 0.05) is 15.6 Å². The van der Waals surface area contributed by atoms with Crippen LogP contribution in [0.5, 0.6) is 0 Å². The molecule has 0 aliphatic carbocycles. The van der Waals surface area contributed by atoms with Crippen molar-refractivity contribution < 1.29 is 9.59 Å². The number of hydrogen-bond donors (Lipinski definition) is 1. The predicted octanol–water partition coefficient (Wildman–Crippen LogP) is 4.41. The summed E-state index contributed by atoms with van der Waals surface area (Å²) < 4.78 is 2.44. The third kappa shape index (κ3) is 3.39. The Morgan fingerprint density at radius 2 is 1.52 bits per heavy atom. The molecule has 0 unspecified atom stereocenters. The van der Waals surface area contributed by atoms with E-state index in [1.807, 2.05) is 24.3 Å². The zero-order valence-electron chi connectivity index (χ0n) is 14.1. The van der Waals surface area contributed by atoms with Crippen molar-refractivity contribution in [2.45, 2.75) is 0 Å². The summed E-state index contributed by atoms with van der Waals surface area (Å²) in [6.07, 6.45) is 1.54. The van der Waals surface area contributed by atoms with Gasteiger partial charge in [0.15, 0.2) is 5.78 Å². The van der Waals surface area contributed by atoms with E-state index >= 15 is 0 Å². The van der Waals surface area contributed by atoms with Crippen molar-refractivity contribution in [1.29, 1.82) is 0 Å². The largest absolute Gasteiger partial charge is 0.289 e. The van der Waals surface area contributed by atoms with Gasteiger partial charge in [-0.15, -0.1) is 0 Å². The van der Waals surface area contributed by atoms with Gasteiger partial charge in [0.2, 0.25) is 0 Å². The topological polar surface area (TPSA) is 64.0 Å². The van der Waals surface area contributed by atoms with Crippen molar-refractivity contribution in [3.8, 4) is 0 Å². The highest BCUT2D eigenvalue weighted by molar-refractivity contribution is 9.10. The van der Waals surface area contributed by atoms with Gasteiger partial charge in [-0.25, -0.2) is 9.66 Å². The Morgan fingerprint density at radius 3 is 2.30 bits per heavy atom. The van der Waals surface area contributed by atoms with Gasteiger partial charge in [0.05, 0.1) is 16.6 Å². The fourth-order valence-corrected chi connectivity index (χ4v) is 3.12. The van der Waals surface area contributed by atoms with Gasteiger partial charge >= 0.3 is 0 Å². The molecule has 0 fully saturated rings. The van der Waals surface area contributed by atoms with E-state index in [4.69, 9.17) is 0 Å². The van der Waals surface area contributed by atoms with Crippen LogP contribution in [-0.2, 0) is 0 Å². The number of benzene rings is 3. The first kappa shape index (κ1) is 17.2. The molecule has 0 aliphatic rings. The fourth-order valence-electron chi connectivity index (χ4n) is 2.85. The minimum atomic E-state index is -0.376. The third-order valence-corrected chi connectivity index (χ3v) is 4.73. The maximum absolute atomic E-state index is 12.9. The minimum absolute atomic E-state index is 0.205. The van der Waals surface area contributed by atoms with E-state index in [0.717, 1.165) is 15.5 Å². The molecule has 4 aromatic rings. The Hall–Kier alpha value is -3.25. The van der Waals surface area contributed by atoms with Gasteiger partial charge in [-0.3, -0.25) is 15.0 Å². The van der Waals surface area contributed by atoms with Crippen LogP contribution in [-0.4, -0.2) is 21.4 Å². The van der Waals surface area contributed by atoms with E-state index in [-0.39, 0.29) is 11.7 Å². The first-order valence-electron chi connectivity index (χ1n) is 8.26. The first-order valence-corrected chi connectivity index (χ1v) is 9.05. The number of ketones is 1. The second-order valence-corrected chi connectivity index (χ2v) is 6.84. The number of amides is 1. The summed E-state index contributed by atoms with van der Waals surface area (Å²) in [5, 5.41) is 0. The highest BCUT2D eigenvalue weighted by Crippen LogP contribution is 2.18. The van der Waals surface area contributed by atoms with E-state index < -0.39 is 0 Å². The number of aromatic nitrogens is 2. The lowest BCUT2D eigenvalue weighted by atomic mass is 9.98. The molecule has 1 aromatic heterocycles. The zero-order chi connectivity index (χ0) is 18.8. The molecular formula is C21H14BrN3O2. The summed E-state index contributed by atoms with van der Waals surface area (Å²) in [6, 6.07) is 21.3. The van der Waals surface area contributed by atoms with E-state index in [1.165, 1.54) is 0 Å². The Morgan fingerprint density at radius 1 is 0.852 bits per heavy atom. The van der Waals surface area contributed by atoms with Crippen LogP contribution in [0.3, 0.4) is 0 Å². The molecule has 0 saturated heterocycles. The lowest BCUT2D eigenvalue weighted by Crippen LogP contribution is -2.24. The predicted molar refractivity (Wildman–Crippen MR) is 107 cm³/mol. The van der Waals surface area contributed by atoms with Crippen LogP contribution in [0, 0.1) is 0 Å². The fraction of sp³-hybridized carbons (Fsp3) is 0. The van der Waals surface area contributed by atoms with E-state index in [0.29, 0.717) is 16.7 Å². The molecule has 1 amide bonds. The second kappa shape index (κ2) is 7.17. The normalized spacial score (nSPS) is 10.7. The highest BCUT2D eigenvalue weighted by atomic mass is 79.9. The van der Waals surface area contributed by atoms with E-state index in [1.54, 1.807) is 59.5 Å². The molecule has 0 saturated carbocycles. The molecule has 0 aliphatic heterocycles. The van der Waals surface area contributed by atoms with Crippen molar-refractivity contribution in [1.82, 2.24) is 9.66 Å². The van der Waals surface area contributed by atoms with Gasteiger partial charge in [0.1, 0.15) is 6.33 Å². The number of hydrogen-bond acceptors (Lipinski definition) is 3. The molecule has 0 spiro atoms. The Labute approximate surface area is 163 Å². The summed E-state index contributed by atoms with van der Waals surface area (Å²) in [5.41, 5.74) is 5.53. The van der Waals surface area contributed by atoms with Crippen molar-refractivity contribution in [3.05, 3.63) is 100 Å². The van der Waals surface area contributed by atoms with Crippen LogP contribution in [0.1, 0.15) is 26.3 Å². The monoisotopic (exact) mass is 419 g/mol.